The van der Waals surface area contributed by atoms with Gasteiger partial charge in [-0.2, -0.15) is 0 Å². The third-order valence-corrected chi connectivity index (χ3v) is 3.38. The Kier molecular flexibility index (Phi) is 4.92. The van der Waals surface area contributed by atoms with Gasteiger partial charge in [-0.05, 0) is 12.1 Å². The first kappa shape index (κ1) is 17.2. The van der Waals surface area contributed by atoms with Gasteiger partial charge in [0.15, 0.2) is 11.5 Å². The van der Waals surface area contributed by atoms with Crippen molar-refractivity contribution in [2.75, 3.05) is 6.61 Å². The number of carboxylic acid groups (broad SMARTS) is 1. The molecular weight excluding hydrogens is 316 g/mol. The van der Waals surface area contributed by atoms with E-state index in [1.165, 1.54) is 0 Å². The predicted molar refractivity (Wildman–Crippen MR) is 71.1 cm³/mol. The second kappa shape index (κ2) is 6.56. The largest absolute Gasteiger partial charge is 0.504 e. The van der Waals surface area contributed by atoms with E-state index in [1.54, 1.807) is 0 Å². The Bertz CT molecular complexity index is 563. The summed E-state index contributed by atoms with van der Waals surface area (Å²) < 4.78 is 10.1. The molecule has 4 unspecified atom stereocenters. The highest BCUT2D eigenvalue weighted by molar-refractivity contribution is 5.89. The van der Waals surface area contributed by atoms with E-state index in [2.05, 4.69) is 0 Å². The van der Waals surface area contributed by atoms with E-state index in [0.29, 0.717) is 0 Å². The van der Waals surface area contributed by atoms with Crippen LogP contribution in [0.1, 0.15) is 10.4 Å². The zero-order valence-corrected chi connectivity index (χ0v) is 11.6. The Labute approximate surface area is 129 Å². The molecule has 1 aromatic carbocycles. The fraction of sp³-hybridized carbons (Fsp3) is 0.462. The number of ether oxygens (including phenoxy) is 2. The highest BCUT2D eigenvalue weighted by Gasteiger charge is 2.45. The molecule has 0 amide bonds. The number of hydrogen-bond acceptors (Lipinski definition) is 9. The maximum Gasteiger partial charge on any atom is 0.335 e. The number of benzene rings is 1. The van der Waals surface area contributed by atoms with Crippen LogP contribution in [0.2, 0.25) is 0 Å². The summed E-state index contributed by atoms with van der Waals surface area (Å²) >= 11 is 0. The molecule has 1 fully saturated rings. The fourth-order valence-electron chi connectivity index (χ4n) is 2.12. The molecule has 2 rings (SSSR count). The second-order valence-electron chi connectivity index (χ2n) is 4.96. The molecule has 23 heavy (non-hydrogen) atoms. The Morgan fingerprint density at radius 2 is 1.65 bits per heavy atom. The molecule has 0 saturated carbocycles. The maximum atomic E-state index is 10.8. The summed E-state index contributed by atoms with van der Waals surface area (Å²) in [5, 5.41) is 66.4. The molecule has 0 spiro atoms. The third kappa shape index (κ3) is 3.30. The van der Waals surface area contributed by atoms with E-state index < -0.39 is 66.1 Å². The van der Waals surface area contributed by atoms with Gasteiger partial charge in [0.1, 0.15) is 24.4 Å². The minimum atomic E-state index is -1.74. The molecule has 5 atom stereocenters. The number of hydrogen-bond donors (Lipinski definition) is 7. The van der Waals surface area contributed by atoms with Crippen molar-refractivity contribution in [2.45, 2.75) is 30.7 Å². The van der Waals surface area contributed by atoms with Crippen LogP contribution in [0.25, 0.3) is 0 Å². The van der Waals surface area contributed by atoms with Gasteiger partial charge < -0.3 is 45.2 Å². The van der Waals surface area contributed by atoms with Crippen LogP contribution in [0.3, 0.4) is 0 Å². The summed E-state index contributed by atoms with van der Waals surface area (Å²) in [5.74, 6) is -3.45. The van der Waals surface area contributed by atoms with Crippen LogP contribution in [-0.2, 0) is 4.74 Å². The number of carboxylic acids is 1. The maximum absolute atomic E-state index is 10.8. The van der Waals surface area contributed by atoms with Crippen molar-refractivity contribution in [3.05, 3.63) is 17.7 Å². The quantitative estimate of drug-likeness (QED) is 0.325. The van der Waals surface area contributed by atoms with Crippen molar-refractivity contribution < 1.29 is 50.0 Å². The Balaban J connectivity index is 2.26. The standard InChI is InChI=1S/C13H16O10/c14-3-7-8(17)9(18)10(19)13(22-7)23-11-5(15)1-4(12(20)21)2-6(11)16/h1-2,7-10,13-19H,3H2,(H,20,21)/t7?,8?,9-,10?,13?/m0/s1. The number of phenolic OH excluding ortho intramolecular Hbond substituents is 2. The van der Waals surface area contributed by atoms with Crippen LogP contribution in [0.5, 0.6) is 17.2 Å². The minimum Gasteiger partial charge on any atom is -0.504 e. The molecule has 1 heterocycles. The van der Waals surface area contributed by atoms with Gasteiger partial charge in [0.05, 0.1) is 12.2 Å². The number of aromatic hydroxyl groups is 2. The molecule has 7 N–H and O–H groups in total. The average molecular weight is 332 g/mol. The monoisotopic (exact) mass is 332 g/mol. The lowest BCUT2D eigenvalue weighted by Gasteiger charge is -2.39. The van der Waals surface area contributed by atoms with Gasteiger partial charge in [-0.3, -0.25) is 0 Å². The van der Waals surface area contributed by atoms with Crippen molar-refractivity contribution in [1.82, 2.24) is 0 Å². The third-order valence-electron chi connectivity index (χ3n) is 3.38. The first-order valence-corrected chi connectivity index (χ1v) is 6.52. The molecule has 0 aliphatic carbocycles. The fourth-order valence-corrected chi connectivity index (χ4v) is 2.12. The number of aliphatic hydroxyl groups excluding tert-OH is 4. The van der Waals surface area contributed by atoms with Crippen LogP contribution in [-0.4, -0.2) is 79.0 Å². The molecule has 1 aromatic rings. The van der Waals surface area contributed by atoms with Crippen molar-refractivity contribution >= 4 is 5.97 Å². The molecule has 1 saturated heterocycles. The van der Waals surface area contributed by atoms with Crippen molar-refractivity contribution in [3.8, 4) is 17.2 Å². The van der Waals surface area contributed by atoms with Gasteiger partial charge in [-0.1, -0.05) is 0 Å². The van der Waals surface area contributed by atoms with Crippen molar-refractivity contribution in [1.29, 1.82) is 0 Å². The molecule has 128 valence electrons. The topological polar surface area (TPSA) is 177 Å². The zero-order chi connectivity index (χ0) is 17.3. The molecular formula is C13H16O10. The first-order chi connectivity index (χ1) is 10.8. The first-order valence-electron chi connectivity index (χ1n) is 6.52. The summed E-state index contributed by atoms with van der Waals surface area (Å²) in [6, 6.07) is 1.61. The summed E-state index contributed by atoms with van der Waals surface area (Å²) in [6.45, 7) is -0.680. The number of aromatic carboxylic acids is 1. The van der Waals surface area contributed by atoms with Crippen LogP contribution < -0.4 is 4.74 Å². The van der Waals surface area contributed by atoms with Crippen molar-refractivity contribution in [3.63, 3.8) is 0 Å². The molecule has 0 radical (unpaired) electrons. The highest BCUT2D eigenvalue weighted by atomic mass is 16.7. The van der Waals surface area contributed by atoms with Gasteiger partial charge in [0.25, 0.3) is 0 Å². The van der Waals surface area contributed by atoms with E-state index >= 15 is 0 Å². The van der Waals surface area contributed by atoms with Gasteiger partial charge in [-0.25, -0.2) is 4.79 Å². The Morgan fingerprint density at radius 3 is 2.13 bits per heavy atom. The van der Waals surface area contributed by atoms with Gasteiger partial charge >= 0.3 is 5.97 Å². The summed E-state index contributed by atoms with van der Waals surface area (Å²) in [7, 11) is 0. The van der Waals surface area contributed by atoms with E-state index in [-0.39, 0.29) is 0 Å². The highest BCUT2D eigenvalue weighted by Crippen LogP contribution is 2.39. The number of carbonyl (C=O) groups is 1. The molecule has 0 bridgehead atoms. The molecule has 0 aromatic heterocycles. The van der Waals surface area contributed by atoms with E-state index in [1.807, 2.05) is 0 Å². The van der Waals surface area contributed by atoms with Crippen LogP contribution in [0.4, 0.5) is 0 Å². The summed E-state index contributed by atoms with van der Waals surface area (Å²) in [6.07, 6.45) is -7.90. The lowest BCUT2D eigenvalue weighted by Crippen LogP contribution is -2.60. The minimum absolute atomic E-state index is 0.402. The van der Waals surface area contributed by atoms with E-state index in [9.17, 15) is 30.3 Å². The SMILES string of the molecule is O=C(O)c1cc(O)c(OC2OC(CO)C(O)[C@H](O)C2O)c(O)c1. The van der Waals surface area contributed by atoms with Crippen LogP contribution >= 0.6 is 0 Å². The Morgan fingerprint density at radius 1 is 1.09 bits per heavy atom. The van der Waals surface area contributed by atoms with Gasteiger partial charge in [0.2, 0.25) is 12.0 Å². The van der Waals surface area contributed by atoms with Crippen molar-refractivity contribution in [2.24, 2.45) is 0 Å². The molecule has 1 aliphatic rings. The van der Waals surface area contributed by atoms with Gasteiger partial charge in [0, 0.05) is 0 Å². The second-order valence-corrected chi connectivity index (χ2v) is 4.96. The molecule has 10 nitrogen and oxygen atoms in total. The van der Waals surface area contributed by atoms with Crippen LogP contribution in [0, 0.1) is 0 Å². The summed E-state index contributed by atoms with van der Waals surface area (Å²) in [5.41, 5.74) is -0.402. The molecule has 10 heteroatoms. The molecule has 1 aliphatic heterocycles. The smallest absolute Gasteiger partial charge is 0.335 e. The zero-order valence-electron chi connectivity index (χ0n) is 11.6. The van der Waals surface area contributed by atoms with Crippen LogP contribution in [0.15, 0.2) is 12.1 Å². The normalized spacial score (nSPS) is 30.9. The summed E-state index contributed by atoms with van der Waals surface area (Å²) in [4.78, 5) is 10.8. The average Bonchev–Trinajstić information content (AvgIpc) is 2.50. The van der Waals surface area contributed by atoms with E-state index in [0.717, 1.165) is 12.1 Å². The number of phenols is 2. The number of aliphatic hydroxyl groups is 4. The lowest BCUT2D eigenvalue weighted by molar-refractivity contribution is -0.277. The number of rotatable bonds is 4. The predicted octanol–water partition coefficient (Wildman–Crippen LogP) is -2.03. The lowest BCUT2D eigenvalue weighted by atomic mass is 9.99. The Hall–Kier alpha value is -2.11. The van der Waals surface area contributed by atoms with E-state index in [4.69, 9.17) is 19.7 Å². The van der Waals surface area contributed by atoms with Gasteiger partial charge in [-0.15, -0.1) is 0 Å².